The molecule has 2 aromatic rings. The van der Waals surface area contributed by atoms with Gasteiger partial charge in [-0.2, -0.15) is 0 Å². The molecule has 1 atom stereocenters. The molecule has 0 saturated carbocycles. The van der Waals surface area contributed by atoms with Crippen molar-refractivity contribution in [1.82, 2.24) is 5.32 Å². The topological polar surface area (TPSA) is 85.9 Å². The van der Waals surface area contributed by atoms with Gasteiger partial charge in [0.2, 0.25) is 5.91 Å². The largest absolute Gasteiger partial charge is 0.496 e. The molecule has 28 heavy (non-hydrogen) atoms. The van der Waals surface area contributed by atoms with Gasteiger partial charge in [-0.25, -0.2) is 0 Å². The number of rotatable bonds is 8. The van der Waals surface area contributed by atoms with Crippen LogP contribution in [-0.2, 0) is 4.79 Å². The standard InChI is InChI=1S/C21H26N2O5/c1-13(2)19(23-20(24)15-8-6-7-9-16(15)26-3)21(25)22-14-10-11-17(27-4)18(12-14)28-5/h6-13,19H,1-5H3,(H,22,25)(H,23,24)/t19-/m0/s1. The van der Waals surface area contributed by atoms with Crippen LogP contribution in [0.15, 0.2) is 42.5 Å². The maximum Gasteiger partial charge on any atom is 0.255 e. The van der Waals surface area contributed by atoms with Crippen LogP contribution in [0.5, 0.6) is 17.2 Å². The maximum atomic E-state index is 12.8. The Balaban J connectivity index is 2.17. The fourth-order valence-corrected chi connectivity index (χ4v) is 2.72. The molecule has 2 N–H and O–H groups in total. The maximum absolute atomic E-state index is 12.8. The highest BCUT2D eigenvalue weighted by Crippen LogP contribution is 2.30. The number of carbonyl (C=O) groups is 2. The number of amides is 2. The molecule has 0 aliphatic heterocycles. The molecule has 2 amide bonds. The molecule has 0 unspecified atom stereocenters. The number of ether oxygens (including phenoxy) is 3. The summed E-state index contributed by atoms with van der Waals surface area (Å²) in [5.74, 6) is 0.676. The van der Waals surface area contributed by atoms with Crippen LogP contribution in [0.4, 0.5) is 5.69 Å². The van der Waals surface area contributed by atoms with Gasteiger partial charge in [0, 0.05) is 11.8 Å². The summed E-state index contributed by atoms with van der Waals surface area (Å²) in [4.78, 5) is 25.5. The summed E-state index contributed by atoms with van der Waals surface area (Å²) in [6.07, 6.45) is 0. The first-order chi connectivity index (χ1) is 13.4. The third-order valence-electron chi connectivity index (χ3n) is 4.24. The van der Waals surface area contributed by atoms with E-state index in [2.05, 4.69) is 10.6 Å². The molecular weight excluding hydrogens is 360 g/mol. The van der Waals surface area contributed by atoms with Crippen molar-refractivity contribution >= 4 is 17.5 Å². The van der Waals surface area contributed by atoms with Crippen LogP contribution in [0.3, 0.4) is 0 Å². The van der Waals surface area contributed by atoms with Crippen LogP contribution in [-0.4, -0.2) is 39.2 Å². The summed E-state index contributed by atoms with van der Waals surface area (Å²) >= 11 is 0. The van der Waals surface area contributed by atoms with Crippen LogP contribution in [0.25, 0.3) is 0 Å². The number of carbonyl (C=O) groups excluding carboxylic acids is 2. The van der Waals surface area contributed by atoms with Gasteiger partial charge in [0.1, 0.15) is 11.8 Å². The van der Waals surface area contributed by atoms with E-state index in [0.29, 0.717) is 28.5 Å². The summed E-state index contributed by atoms with van der Waals surface area (Å²) < 4.78 is 15.7. The SMILES string of the molecule is COc1ccc(NC(=O)[C@@H](NC(=O)c2ccccc2OC)C(C)C)cc1OC. The minimum atomic E-state index is -0.731. The van der Waals surface area contributed by atoms with E-state index >= 15 is 0 Å². The molecule has 2 rings (SSSR count). The highest BCUT2D eigenvalue weighted by Gasteiger charge is 2.26. The second-order valence-electron chi connectivity index (χ2n) is 6.45. The Bertz CT molecular complexity index is 835. The quantitative estimate of drug-likeness (QED) is 0.728. The summed E-state index contributed by atoms with van der Waals surface area (Å²) in [6.45, 7) is 3.72. The molecule has 0 aromatic heterocycles. The zero-order chi connectivity index (χ0) is 20.7. The molecule has 0 fully saturated rings. The number of para-hydroxylation sites is 1. The molecule has 0 spiro atoms. The van der Waals surface area contributed by atoms with Gasteiger partial charge in [0.15, 0.2) is 11.5 Å². The average molecular weight is 386 g/mol. The lowest BCUT2D eigenvalue weighted by atomic mass is 10.0. The number of nitrogens with one attached hydrogen (secondary N) is 2. The lowest BCUT2D eigenvalue weighted by Gasteiger charge is -2.22. The van der Waals surface area contributed by atoms with E-state index in [1.807, 2.05) is 13.8 Å². The number of benzene rings is 2. The zero-order valence-corrected chi connectivity index (χ0v) is 16.7. The van der Waals surface area contributed by atoms with Gasteiger partial charge in [-0.3, -0.25) is 9.59 Å². The van der Waals surface area contributed by atoms with Gasteiger partial charge in [-0.1, -0.05) is 26.0 Å². The van der Waals surface area contributed by atoms with E-state index < -0.39 is 6.04 Å². The number of hydrogen-bond acceptors (Lipinski definition) is 5. The molecule has 0 bridgehead atoms. The van der Waals surface area contributed by atoms with E-state index in [0.717, 1.165) is 0 Å². The number of anilines is 1. The third-order valence-corrected chi connectivity index (χ3v) is 4.24. The minimum Gasteiger partial charge on any atom is -0.496 e. The Morgan fingerprint density at radius 1 is 0.857 bits per heavy atom. The van der Waals surface area contributed by atoms with Gasteiger partial charge in [0.05, 0.1) is 26.9 Å². The minimum absolute atomic E-state index is 0.126. The molecule has 150 valence electrons. The monoisotopic (exact) mass is 386 g/mol. The van der Waals surface area contributed by atoms with E-state index in [1.165, 1.54) is 21.3 Å². The molecule has 0 saturated heterocycles. The Labute approximate surface area is 165 Å². The summed E-state index contributed by atoms with van der Waals surface area (Å²) in [5, 5.41) is 5.61. The van der Waals surface area contributed by atoms with Crippen LogP contribution >= 0.6 is 0 Å². The van der Waals surface area contributed by atoms with E-state index in [9.17, 15) is 9.59 Å². The van der Waals surface area contributed by atoms with Crippen molar-refractivity contribution in [3.05, 3.63) is 48.0 Å². The van der Waals surface area contributed by atoms with E-state index in [-0.39, 0.29) is 17.7 Å². The normalized spacial score (nSPS) is 11.5. The van der Waals surface area contributed by atoms with Gasteiger partial charge in [-0.15, -0.1) is 0 Å². The first-order valence-corrected chi connectivity index (χ1v) is 8.88. The summed E-state index contributed by atoms with van der Waals surface area (Å²) in [5.41, 5.74) is 0.911. The van der Waals surface area contributed by atoms with Crippen LogP contribution in [0.1, 0.15) is 24.2 Å². The molecule has 0 aliphatic carbocycles. The predicted molar refractivity (Wildman–Crippen MR) is 107 cm³/mol. The first kappa shape index (κ1) is 21.1. The average Bonchev–Trinajstić information content (AvgIpc) is 2.71. The van der Waals surface area contributed by atoms with E-state index in [1.54, 1.807) is 42.5 Å². The Hall–Kier alpha value is -3.22. The predicted octanol–water partition coefficient (Wildman–Crippen LogP) is 3.11. The van der Waals surface area contributed by atoms with E-state index in [4.69, 9.17) is 14.2 Å². The lowest BCUT2D eigenvalue weighted by molar-refractivity contribution is -0.118. The lowest BCUT2D eigenvalue weighted by Crippen LogP contribution is -2.47. The molecule has 7 nitrogen and oxygen atoms in total. The molecule has 2 aromatic carbocycles. The van der Waals surface area contributed by atoms with Crippen LogP contribution in [0.2, 0.25) is 0 Å². The fraction of sp³-hybridized carbons (Fsp3) is 0.333. The zero-order valence-electron chi connectivity index (χ0n) is 16.7. The summed E-state index contributed by atoms with van der Waals surface area (Å²) in [7, 11) is 4.56. The molecule has 7 heteroatoms. The van der Waals surface area contributed by atoms with Crippen molar-refractivity contribution in [2.24, 2.45) is 5.92 Å². The Morgan fingerprint density at radius 3 is 2.11 bits per heavy atom. The molecular formula is C21H26N2O5. The second-order valence-corrected chi connectivity index (χ2v) is 6.45. The summed E-state index contributed by atoms with van der Waals surface area (Å²) in [6, 6.07) is 11.2. The van der Waals surface area contributed by atoms with Crippen molar-refractivity contribution in [1.29, 1.82) is 0 Å². The fourth-order valence-electron chi connectivity index (χ4n) is 2.72. The van der Waals surface area contributed by atoms with Crippen molar-refractivity contribution in [2.45, 2.75) is 19.9 Å². The van der Waals surface area contributed by atoms with Crippen molar-refractivity contribution in [3.8, 4) is 17.2 Å². The van der Waals surface area contributed by atoms with Crippen molar-refractivity contribution in [3.63, 3.8) is 0 Å². The van der Waals surface area contributed by atoms with Crippen molar-refractivity contribution < 1.29 is 23.8 Å². The first-order valence-electron chi connectivity index (χ1n) is 8.88. The van der Waals surface area contributed by atoms with Crippen LogP contribution < -0.4 is 24.8 Å². The highest BCUT2D eigenvalue weighted by atomic mass is 16.5. The molecule has 0 heterocycles. The van der Waals surface area contributed by atoms with Crippen LogP contribution in [0, 0.1) is 5.92 Å². The Kier molecular flexibility index (Phi) is 7.26. The van der Waals surface area contributed by atoms with Gasteiger partial charge < -0.3 is 24.8 Å². The number of hydrogen-bond donors (Lipinski definition) is 2. The Morgan fingerprint density at radius 2 is 1.50 bits per heavy atom. The highest BCUT2D eigenvalue weighted by molar-refractivity contribution is 6.02. The molecule has 0 aliphatic rings. The van der Waals surface area contributed by atoms with Crippen molar-refractivity contribution in [2.75, 3.05) is 26.6 Å². The number of methoxy groups -OCH3 is 3. The third kappa shape index (κ3) is 4.94. The second kappa shape index (κ2) is 9.64. The van der Waals surface area contributed by atoms with Gasteiger partial charge >= 0.3 is 0 Å². The van der Waals surface area contributed by atoms with Gasteiger partial charge in [0.25, 0.3) is 5.91 Å². The smallest absolute Gasteiger partial charge is 0.255 e. The van der Waals surface area contributed by atoms with Gasteiger partial charge in [-0.05, 0) is 30.2 Å². The molecule has 0 radical (unpaired) electrons.